The van der Waals surface area contributed by atoms with E-state index in [1.54, 1.807) is 4.90 Å². The first-order valence-corrected chi connectivity index (χ1v) is 4.48. The van der Waals surface area contributed by atoms with E-state index in [9.17, 15) is 8.78 Å². The van der Waals surface area contributed by atoms with Crippen molar-refractivity contribution in [2.24, 2.45) is 5.73 Å². The standard InChI is InChI=1S/C9H11F2N3/c10-6-3-8(11)9(13-4-6)14-2-1-7(12)5-14/h3-4,7H,1-2,5,12H2. The SMILES string of the molecule is NC1CCN(c2ncc(F)cc2F)C1. The van der Waals surface area contributed by atoms with Gasteiger partial charge in [0.2, 0.25) is 0 Å². The highest BCUT2D eigenvalue weighted by Gasteiger charge is 2.22. The normalized spacial score (nSPS) is 21.6. The lowest BCUT2D eigenvalue weighted by Gasteiger charge is -2.16. The minimum atomic E-state index is -0.658. The van der Waals surface area contributed by atoms with Crippen LogP contribution in [-0.4, -0.2) is 24.1 Å². The van der Waals surface area contributed by atoms with Crippen molar-refractivity contribution in [1.82, 2.24) is 4.98 Å². The quantitative estimate of drug-likeness (QED) is 0.730. The molecule has 0 aliphatic carbocycles. The van der Waals surface area contributed by atoms with Gasteiger partial charge in [-0.25, -0.2) is 13.8 Å². The largest absolute Gasteiger partial charge is 0.353 e. The van der Waals surface area contributed by atoms with E-state index in [1.165, 1.54) is 0 Å². The van der Waals surface area contributed by atoms with Gasteiger partial charge >= 0.3 is 0 Å². The molecule has 76 valence electrons. The van der Waals surface area contributed by atoms with Crippen LogP contribution >= 0.6 is 0 Å². The second-order valence-corrected chi connectivity index (χ2v) is 3.45. The Kier molecular flexibility index (Phi) is 2.33. The third-order valence-electron chi connectivity index (χ3n) is 2.31. The summed E-state index contributed by atoms with van der Waals surface area (Å²) in [7, 11) is 0. The van der Waals surface area contributed by atoms with Gasteiger partial charge in [-0.1, -0.05) is 0 Å². The third-order valence-corrected chi connectivity index (χ3v) is 2.31. The molecule has 1 fully saturated rings. The monoisotopic (exact) mass is 199 g/mol. The average Bonchev–Trinajstić information content (AvgIpc) is 2.51. The minimum absolute atomic E-state index is 0.0567. The van der Waals surface area contributed by atoms with Crippen LogP contribution in [0.1, 0.15) is 6.42 Å². The molecule has 0 aromatic carbocycles. The molecule has 1 aromatic rings. The summed E-state index contributed by atoms with van der Waals surface area (Å²) < 4.78 is 25.8. The Hall–Kier alpha value is -1.23. The van der Waals surface area contributed by atoms with Gasteiger partial charge in [0.15, 0.2) is 11.6 Å². The average molecular weight is 199 g/mol. The van der Waals surface area contributed by atoms with Crippen LogP contribution in [0.15, 0.2) is 12.3 Å². The number of hydrogen-bond acceptors (Lipinski definition) is 3. The summed E-state index contributed by atoms with van der Waals surface area (Å²) in [5, 5.41) is 0. The van der Waals surface area contributed by atoms with Gasteiger partial charge < -0.3 is 10.6 Å². The maximum atomic E-state index is 13.2. The molecule has 1 aliphatic heterocycles. The summed E-state index contributed by atoms with van der Waals surface area (Å²) in [6.07, 6.45) is 1.83. The fourth-order valence-corrected chi connectivity index (χ4v) is 1.62. The van der Waals surface area contributed by atoms with Crippen molar-refractivity contribution in [3.63, 3.8) is 0 Å². The number of nitrogens with zero attached hydrogens (tertiary/aromatic N) is 2. The molecule has 2 heterocycles. The maximum absolute atomic E-state index is 13.2. The van der Waals surface area contributed by atoms with Gasteiger partial charge in [-0.15, -0.1) is 0 Å². The number of anilines is 1. The number of halogens is 2. The van der Waals surface area contributed by atoms with E-state index in [1.807, 2.05) is 0 Å². The van der Waals surface area contributed by atoms with Crippen molar-refractivity contribution in [3.8, 4) is 0 Å². The number of rotatable bonds is 1. The van der Waals surface area contributed by atoms with Gasteiger partial charge in [-0.3, -0.25) is 0 Å². The van der Waals surface area contributed by atoms with Crippen molar-refractivity contribution < 1.29 is 8.78 Å². The highest BCUT2D eigenvalue weighted by atomic mass is 19.1. The van der Waals surface area contributed by atoms with Crippen LogP contribution in [0.25, 0.3) is 0 Å². The molecule has 1 unspecified atom stereocenters. The van der Waals surface area contributed by atoms with Crippen LogP contribution in [0.2, 0.25) is 0 Å². The lowest BCUT2D eigenvalue weighted by Crippen LogP contribution is -2.27. The molecule has 1 atom stereocenters. The summed E-state index contributed by atoms with van der Waals surface area (Å²) in [6.45, 7) is 1.26. The Morgan fingerprint density at radius 1 is 1.50 bits per heavy atom. The molecule has 14 heavy (non-hydrogen) atoms. The smallest absolute Gasteiger partial charge is 0.168 e. The molecule has 1 aromatic heterocycles. The van der Waals surface area contributed by atoms with E-state index in [0.29, 0.717) is 13.1 Å². The third kappa shape index (κ3) is 1.68. The first-order valence-electron chi connectivity index (χ1n) is 4.48. The zero-order valence-electron chi connectivity index (χ0n) is 7.58. The second kappa shape index (κ2) is 3.49. The highest BCUT2D eigenvalue weighted by molar-refractivity contribution is 5.41. The van der Waals surface area contributed by atoms with Gasteiger partial charge in [-0.05, 0) is 6.42 Å². The lowest BCUT2D eigenvalue weighted by molar-refractivity contribution is 0.570. The van der Waals surface area contributed by atoms with Crippen LogP contribution in [-0.2, 0) is 0 Å². The zero-order chi connectivity index (χ0) is 10.1. The summed E-state index contributed by atoms with van der Waals surface area (Å²) >= 11 is 0. The van der Waals surface area contributed by atoms with Crippen molar-refractivity contribution in [2.45, 2.75) is 12.5 Å². The van der Waals surface area contributed by atoms with E-state index in [0.717, 1.165) is 18.7 Å². The van der Waals surface area contributed by atoms with Gasteiger partial charge in [0.25, 0.3) is 0 Å². The minimum Gasteiger partial charge on any atom is -0.353 e. The topological polar surface area (TPSA) is 42.1 Å². The first kappa shape index (κ1) is 9.33. The summed E-state index contributed by atoms with van der Waals surface area (Å²) in [5.74, 6) is -1.09. The molecular formula is C9H11F2N3. The summed E-state index contributed by atoms with van der Waals surface area (Å²) in [6, 6.07) is 0.896. The van der Waals surface area contributed by atoms with E-state index in [2.05, 4.69) is 4.98 Å². The molecular weight excluding hydrogens is 188 g/mol. The van der Waals surface area contributed by atoms with Gasteiger partial charge in [-0.2, -0.15) is 0 Å². The molecule has 0 saturated carbocycles. The molecule has 1 aliphatic rings. The Labute approximate surface area is 80.5 Å². The number of nitrogens with two attached hydrogens (primary N) is 1. The van der Waals surface area contributed by atoms with E-state index < -0.39 is 11.6 Å². The van der Waals surface area contributed by atoms with Crippen LogP contribution in [0.5, 0.6) is 0 Å². The van der Waals surface area contributed by atoms with Crippen LogP contribution < -0.4 is 10.6 Å². The Morgan fingerprint density at radius 2 is 2.29 bits per heavy atom. The molecule has 3 nitrogen and oxygen atoms in total. The lowest BCUT2D eigenvalue weighted by atomic mass is 10.3. The predicted molar refractivity (Wildman–Crippen MR) is 49.0 cm³/mol. The van der Waals surface area contributed by atoms with E-state index >= 15 is 0 Å². The molecule has 0 amide bonds. The zero-order valence-corrected chi connectivity index (χ0v) is 7.58. The number of aromatic nitrogens is 1. The molecule has 2 N–H and O–H groups in total. The summed E-state index contributed by atoms with van der Waals surface area (Å²) in [4.78, 5) is 5.45. The Balaban J connectivity index is 2.24. The van der Waals surface area contributed by atoms with Gasteiger partial charge in [0.05, 0.1) is 6.20 Å². The van der Waals surface area contributed by atoms with E-state index in [4.69, 9.17) is 5.73 Å². The van der Waals surface area contributed by atoms with Gasteiger partial charge in [0, 0.05) is 25.2 Å². The molecule has 5 heteroatoms. The molecule has 0 spiro atoms. The molecule has 1 saturated heterocycles. The highest BCUT2D eigenvalue weighted by Crippen LogP contribution is 2.20. The fourth-order valence-electron chi connectivity index (χ4n) is 1.62. The fraction of sp³-hybridized carbons (Fsp3) is 0.444. The van der Waals surface area contributed by atoms with Gasteiger partial charge in [0.1, 0.15) is 5.82 Å². The first-order chi connectivity index (χ1) is 6.66. The van der Waals surface area contributed by atoms with Crippen molar-refractivity contribution in [3.05, 3.63) is 23.9 Å². The van der Waals surface area contributed by atoms with E-state index in [-0.39, 0.29) is 11.9 Å². The number of hydrogen-bond donors (Lipinski definition) is 1. The predicted octanol–water partition coefficient (Wildman–Crippen LogP) is 0.897. The summed E-state index contributed by atoms with van der Waals surface area (Å²) in [5.41, 5.74) is 5.68. The number of pyridine rings is 1. The molecule has 0 radical (unpaired) electrons. The second-order valence-electron chi connectivity index (χ2n) is 3.45. The van der Waals surface area contributed by atoms with Crippen LogP contribution in [0, 0.1) is 11.6 Å². The van der Waals surface area contributed by atoms with Crippen LogP contribution in [0.4, 0.5) is 14.6 Å². The maximum Gasteiger partial charge on any atom is 0.168 e. The van der Waals surface area contributed by atoms with Crippen LogP contribution in [0.3, 0.4) is 0 Å². The van der Waals surface area contributed by atoms with Crippen molar-refractivity contribution >= 4 is 5.82 Å². The van der Waals surface area contributed by atoms with Crippen molar-refractivity contribution in [1.29, 1.82) is 0 Å². The Morgan fingerprint density at radius 3 is 2.86 bits per heavy atom. The molecule has 0 bridgehead atoms. The van der Waals surface area contributed by atoms with Crippen molar-refractivity contribution in [2.75, 3.05) is 18.0 Å². The molecule has 2 rings (SSSR count). The Bertz CT molecular complexity index is 343.